The number of benzene rings is 1. The first-order valence-corrected chi connectivity index (χ1v) is 6.59. The second-order valence-electron chi connectivity index (χ2n) is 4.29. The first kappa shape index (κ1) is 13.8. The number of halogens is 1. The molecule has 2 rings (SSSR count). The molecule has 0 aliphatic carbocycles. The minimum absolute atomic E-state index is 0.288. The normalized spacial score (nSPS) is 10.5. The highest BCUT2D eigenvalue weighted by atomic mass is 35.5. The van der Waals surface area contributed by atoms with Crippen molar-refractivity contribution in [3.05, 3.63) is 46.2 Å². The standard InChI is InChI=1S/C13H15ClN4S/c1-8-9(7-18(2)17-8)6-16-11-5-3-4-10(14)12(11)13(15)19/h3-5,7,16H,6H2,1-2H3,(H2,15,19). The third kappa shape index (κ3) is 3.05. The van der Waals surface area contributed by atoms with Crippen LogP contribution in [0.3, 0.4) is 0 Å². The summed E-state index contributed by atoms with van der Waals surface area (Å²) in [5, 5.41) is 8.16. The third-order valence-corrected chi connectivity index (χ3v) is 3.36. The Morgan fingerprint density at radius 2 is 2.26 bits per heavy atom. The molecule has 0 amide bonds. The van der Waals surface area contributed by atoms with Gasteiger partial charge in [0.15, 0.2) is 0 Å². The van der Waals surface area contributed by atoms with E-state index in [-0.39, 0.29) is 4.99 Å². The van der Waals surface area contributed by atoms with Crippen molar-refractivity contribution in [3.8, 4) is 0 Å². The molecular weight excluding hydrogens is 280 g/mol. The lowest BCUT2D eigenvalue weighted by molar-refractivity contribution is 0.756. The van der Waals surface area contributed by atoms with E-state index in [1.54, 1.807) is 10.7 Å². The van der Waals surface area contributed by atoms with Gasteiger partial charge in [-0.3, -0.25) is 4.68 Å². The fourth-order valence-electron chi connectivity index (χ4n) is 1.93. The molecule has 19 heavy (non-hydrogen) atoms. The average Bonchev–Trinajstić information content (AvgIpc) is 2.64. The summed E-state index contributed by atoms with van der Waals surface area (Å²) in [6, 6.07) is 5.55. The molecular formula is C13H15ClN4S. The van der Waals surface area contributed by atoms with E-state index in [2.05, 4.69) is 10.4 Å². The van der Waals surface area contributed by atoms with Crippen LogP contribution in [0.15, 0.2) is 24.4 Å². The first-order chi connectivity index (χ1) is 8.99. The maximum absolute atomic E-state index is 6.12. The second kappa shape index (κ2) is 5.59. The number of nitrogens with two attached hydrogens (primary N) is 1. The molecule has 1 aromatic carbocycles. The van der Waals surface area contributed by atoms with E-state index in [1.165, 1.54) is 0 Å². The molecule has 2 aromatic rings. The van der Waals surface area contributed by atoms with Gasteiger partial charge in [0.2, 0.25) is 0 Å². The van der Waals surface area contributed by atoms with Gasteiger partial charge >= 0.3 is 0 Å². The topological polar surface area (TPSA) is 55.9 Å². The molecule has 0 saturated heterocycles. The molecule has 0 bridgehead atoms. The van der Waals surface area contributed by atoms with Crippen LogP contribution in [-0.4, -0.2) is 14.8 Å². The van der Waals surface area contributed by atoms with Crippen LogP contribution in [0.5, 0.6) is 0 Å². The van der Waals surface area contributed by atoms with Crippen LogP contribution in [0.2, 0.25) is 5.02 Å². The van der Waals surface area contributed by atoms with Crippen LogP contribution in [0, 0.1) is 6.92 Å². The second-order valence-corrected chi connectivity index (χ2v) is 5.14. The van der Waals surface area contributed by atoms with Gasteiger partial charge in [0.1, 0.15) is 4.99 Å². The van der Waals surface area contributed by atoms with Crippen LogP contribution < -0.4 is 11.1 Å². The molecule has 100 valence electrons. The van der Waals surface area contributed by atoms with Gasteiger partial charge in [0, 0.05) is 31.0 Å². The average molecular weight is 295 g/mol. The molecule has 0 aliphatic rings. The zero-order valence-electron chi connectivity index (χ0n) is 10.8. The Morgan fingerprint density at radius 3 is 2.84 bits per heavy atom. The SMILES string of the molecule is Cc1nn(C)cc1CNc1cccc(Cl)c1C(N)=S. The zero-order chi connectivity index (χ0) is 14.0. The predicted molar refractivity (Wildman–Crippen MR) is 82.6 cm³/mol. The van der Waals surface area contributed by atoms with Crippen molar-refractivity contribution < 1.29 is 0 Å². The number of aryl methyl sites for hydroxylation is 2. The fourth-order valence-corrected chi connectivity index (χ4v) is 2.49. The lowest BCUT2D eigenvalue weighted by atomic mass is 10.1. The largest absolute Gasteiger partial charge is 0.389 e. The van der Waals surface area contributed by atoms with Crippen molar-refractivity contribution in [2.45, 2.75) is 13.5 Å². The van der Waals surface area contributed by atoms with E-state index in [0.29, 0.717) is 17.1 Å². The van der Waals surface area contributed by atoms with E-state index in [9.17, 15) is 0 Å². The number of rotatable bonds is 4. The Kier molecular flexibility index (Phi) is 4.07. The fraction of sp³-hybridized carbons (Fsp3) is 0.231. The summed E-state index contributed by atoms with van der Waals surface area (Å²) < 4.78 is 1.79. The monoisotopic (exact) mass is 294 g/mol. The Morgan fingerprint density at radius 1 is 1.53 bits per heavy atom. The van der Waals surface area contributed by atoms with Crippen molar-refractivity contribution in [1.82, 2.24) is 9.78 Å². The van der Waals surface area contributed by atoms with Crippen molar-refractivity contribution in [1.29, 1.82) is 0 Å². The predicted octanol–water partition coefficient (Wildman–Crippen LogP) is 2.63. The van der Waals surface area contributed by atoms with Crippen LogP contribution in [0.4, 0.5) is 5.69 Å². The van der Waals surface area contributed by atoms with E-state index in [0.717, 1.165) is 16.9 Å². The molecule has 0 fully saturated rings. The summed E-state index contributed by atoms with van der Waals surface area (Å²) in [6.07, 6.45) is 1.98. The van der Waals surface area contributed by atoms with Gasteiger partial charge in [-0.2, -0.15) is 5.10 Å². The van der Waals surface area contributed by atoms with Crippen molar-refractivity contribution >= 4 is 34.5 Å². The molecule has 0 unspecified atom stereocenters. The third-order valence-electron chi connectivity index (χ3n) is 2.84. The van der Waals surface area contributed by atoms with Gasteiger partial charge in [-0.15, -0.1) is 0 Å². The van der Waals surface area contributed by atoms with Crippen LogP contribution in [-0.2, 0) is 13.6 Å². The number of anilines is 1. The molecule has 1 aromatic heterocycles. The zero-order valence-corrected chi connectivity index (χ0v) is 12.3. The summed E-state index contributed by atoms with van der Waals surface area (Å²) in [5.74, 6) is 0. The first-order valence-electron chi connectivity index (χ1n) is 5.80. The van der Waals surface area contributed by atoms with Gasteiger partial charge in [-0.25, -0.2) is 0 Å². The highest BCUT2D eigenvalue weighted by molar-refractivity contribution is 7.80. The molecule has 1 heterocycles. The lowest BCUT2D eigenvalue weighted by Crippen LogP contribution is -2.14. The summed E-state index contributed by atoms with van der Waals surface area (Å²) in [5.41, 5.74) is 9.34. The minimum atomic E-state index is 0.288. The van der Waals surface area contributed by atoms with Crippen molar-refractivity contribution in [3.63, 3.8) is 0 Å². The van der Waals surface area contributed by atoms with Crippen LogP contribution in [0.1, 0.15) is 16.8 Å². The Balaban J connectivity index is 2.22. The Bertz CT molecular complexity index is 621. The van der Waals surface area contributed by atoms with E-state index < -0.39 is 0 Å². The molecule has 0 atom stereocenters. The van der Waals surface area contributed by atoms with Gasteiger partial charge in [-0.1, -0.05) is 29.9 Å². The van der Waals surface area contributed by atoms with Crippen molar-refractivity contribution in [2.75, 3.05) is 5.32 Å². The summed E-state index contributed by atoms with van der Waals surface area (Å²) in [7, 11) is 1.90. The van der Waals surface area contributed by atoms with Crippen LogP contribution >= 0.6 is 23.8 Å². The van der Waals surface area contributed by atoms with E-state index in [1.807, 2.05) is 32.3 Å². The summed E-state index contributed by atoms with van der Waals surface area (Å²) >= 11 is 11.2. The number of thiocarbonyl (C=S) groups is 1. The quantitative estimate of drug-likeness (QED) is 0.851. The summed E-state index contributed by atoms with van der Waals surface area (Å²) in [4.78, 5) is 0.288. The maximum Gasteiger partial charge on any atom is 0.107 e. The van der Waals surface area contributed by atoms with Gasteiger partial charge < -0.3 is 11.1 Å². The number of aromatic nitrogens is 2. The molecule has 0 aliphatic heterocycles. The smallest absolute Gasteiger partial charge is 0.107 e. The number of nitrogens with one attached hydrogen (secondary N) is 1. The van der Waals surface area contributed by atoms with E-state index >= 15 is 0 Å². The van der Waals surface area contributed by atoms with Gasteiger partial charge in [0.05, 0.1) is 16.3 Å². The number of hydrogen-bond donors (Lipinski definition) is 2. The van der Waals surface area contributed by atoms with Crippen LogP contribution in [0.25, 0.3) is 0 Å². The molecule has 0 radical (unpaired) electrons. The summed E-state index contributed by atoms with van der Waals surface area (Å²) in [6.45, 7) is 2.62. The molecule has 4 nitrogen and oxygen atoms in total. The molecule has 0 saturated carbocycles. The molecule has 3 N–H and O–H groups in total. The highest BCUT2D eigenvalue weighted by Gasteiger charge is 2.10. The number of nitrogens with zero attached hydrogens (tertiary/aromatic N) is 2. The number of hydrogen-bond acceptors (Lipinski definition) is 3. The van der Waals surface area contributed by atoms with Crippen molar-refractivity contribution in [2.24, 2.45) is 12.8 Å². The minimum Gasteiger partial charge on any atom is -0.389 e. The van der Waals surface area contributed by atoms with E-state index in [4.69, 9.17) is 29.6 Å². The Hall–Kier alpha value is -1.59. The van der Waals surface area contributed by atoms with Gasteiger partial charge in [-0.05, 0) is 19.1 Å². The van der Waals surface area contributed by atoms with Gasteiger partial charge in [0.25, 0.3) is 0 Å². The molecule has 0 spiro atoms. The maximum atomic E-state index is 6.12. The highest BCUT2D eigenvalue weighted by Crippen LogP contribution is 2.24. The Labute approximate surface area is 122 Å². The molecule has 6 heteroatoms. The lowest BCUT2D eigenvalue weighted by Gasteiger charge is -2.12.